The molecule has 9 atom stereocenters. The van der Waals surface area contributed by atoms with Gasteiger partial charge in [0.1, 0.15) is 17.9 Å². The van der Waals surface area contributed by atoms with Crippen LogP contribution in [-0.4, -0.2) is 29.8 Å². The molecule has 1 N–H and O–H groups in total. The summed E-state index contributed by atoms with van der Waals surface area (Å²) >= 11 is 0. The minimum absolute atomic E-state index is 0.0343. The highest BCUT2D eigenvalue weighted by Crippen LogP contribution is 2.67. The fraction of sp³-hybridized carbons (Fsp3) is 0.897. The topological polar surface area (TPSA) is 72.5 Å². The summed E-state index contributed by atoms with van der Waals surface area (Å²) < 4.78 is 6.02. The van der Waals surface area contributed by atoms with Crippen molar-refractivity contribution in [3.63, 3.8) is 0 Å². The summed E-state index contributed by atoms with van der Waals surface area (Å²) in [5.41, 5.74) is 0.522. The average molecular weight is 474 g/mol. The molecular weight excluding hydrogens is 426 g/mol. The number of carbonyl (C=O) groups excluding carboxylic acids is 3. The summed E-state index contributed by atoms with van der Waals surface area (Å²) in [6, 6.07) is -0.547. The fourth-order valence-corrected chi connectivity index (χ4v) is 9.17. The Bertz CT molecular complexity index is 808. The van der Waals surface area contributed by atoms with Crippen molar-refractivity contribution in [3.8, 4) is 0 Å². The number of esters is 1. The van der Waals surface area contributed by atoms with Gasteiger partial charge in [0.2, 0.25) is 5.91 Å². The maximum Gasteiger partial charge on any atom is 0.328 e. The average Bonchev–Trinajstić information content (AvgIpc) is 3.10. The lowest BCUT2D eigenvalue weighted by molar-refractivity contribution is -0.166. The molecule has 34 heavy (non-hydrogen) atoms. The number of ether oxygens (including phenoxy) is 1. The van der Waals surface area contributed by atoms with Gasteiger partial charge in [-0.2, -0.15) is 0 Å². The smallest absolute Gasteiger partial charge is 0.328 e. The zero-order chi connectivity index (χ0) is 24.8. The minimum Gasteiger partial charge on any atom is -0.461 e. The van der Waals surface area contributed by atoms with Gasteiger partial charge >= 0.3 is 5.97 Å². The van der Waals surface area contributed by atoms with E-state index in [0.29, 0.717) is 35.4 Å². The van der Waals surface area contributed by atoms with Crippen molar-refractivity contribution in [2.24, 2.45) is 46.3 Å². The van der Waals surface area contributed by atoms with E-state index in [1.54, 1.807) is 0 Å². The van der Waals surface area contributed by atoms with Crippen molar-refractivity contribution in [1.29, 1.82) is 0 Å². The van der Waals surface area contributed by atoms with E-state index in [9.17, 15) is 14.4 Å². The van der Waals surface area contributed by atoms with Gasteiger partial charge in [-0.05, 0) is 112 Å². The summed E-state index contributed by atoms with van der Waals surface area (Å²) in [6.45, 7) is 12.3. The summed E-state index contributed by atoms with van der Waals surface area (Å²) in [5.74, 6) is 3.31. The second-order valence-corrected chi connectivity index (χ2v) is 13.2. The van der Waals surface area contributed by atoms with Gasteiger partial charge in [-0.15, -0.1) is 0 Å². The van der Waals surface area contributed by atoms with E-state index >= 15 is 0 Å². The van der Waals surface area contributed by atoms with Gasteiger partial charge in [-0.25, -0.2) is 4.79 Å². The normalized spacial score (nSPS) is 42.2. The second kappa shape index (κ2) is 9.58. The predicted octanol–water partition coefficient (Wildman–Crippen LogP) is 5.70. The molecule has 0 heterocycles. The Kier molecular flexibility index (Phi) is 7.24. The van der Waals surface area contributed by atoms with Crippen LogP contribution >= 0.6 is 0 Å². The third-order valence-corrected chi connectivity index (χ3v) is 10.8. The van der Waals surface area contributed by atoms with E-state index in [4.69, 9.17) is 4.74 Å². The number of Topliss-reactive ketones (excluding diaryl/α,β-unsaturated/α-hetero) is 1. The second-order valence-electron chi connectivity index (χ2n) is 13.2. The molecule has 0 aromatic rings. The molecule has 192 valence electrons. The van der Waals surface area contributed by atoms with Gasteiger partial charge in [0, 0.05) is 12.8 Å². The van der Waals surface area contributed by atoms with Crippen molar-refractivity contribution in [2.45, 2.75) is 118 Å². The number of hydrogen-bond acceptors (Lipinski definition) is 4. The number of hydrogen-bond donors (Lipinski definition) is 1. The Morgan fingerprint density at radius 3 is 2.24 bits per heavy atom. The van der Waals surface area contributed by atoms with Gasteiger partial charge in [0.15, 0.2) is 0 Å². The van der Waals surface area contributed by atoms with Gasteiger partial charge < -0.3 is 10.1 Å². The molecular formula is C29H47NO4. The zero-order valence-corrected chi connectivity index (χ0v) is 22.3. The number of nitrogens with one attached hydrogen (secondary N) is 1. The van der Waals surface area contributed by atoms with E-state index in [1.165, 1.54) is 39.0 Å². The summed E-state index contributed by atoms with van der Waals surface area (Å²) in [7, 11) is 0. The van der Waals surface area contributed by atoms with Gasteiger partial charge in [0.25, 0.3) is 0 Å². The monoisotopic (exact) mass is 473 g/mol. The van der Waals surface area contributed by atoms with Crippen LogP contribution in [-0.2, 0) is 19.1 Å². The molecule has 5 heteroatoms. The van der Waals surface area contributed by atoms with Crippen LogP contribution in [0.1, 0.15) is 106 Å². The third kappa shape index (κ3) is 4.57. The first-order valence-corrected chi connectivity index (χ1v) is 13.9. The minimum atomic E-state index is -0.547. The molecule has 0 aromatic heterocycles. The maximum absolute atomic E-state index is 12.9. The number of ketones is 1. The standard InChI is InChI=1S/C29H47NO4/c1-17(2)15-26(30-19(4)32)27(33)34-21-11-13-28(5)20(16-21)7-8-22-24-10-9-23(18(3)31)29(24,6)14-12-25(22)28/h17,20-26H,7-16H2,1-6H3,(H,30,32)/t20-,21-,22+,23-,24+,25+,26+,28+,29-/m1/s1. The Morgan fingerprint density at radius 1 is 0.912 bits per heavy atom. The molecule has 4 saturated carbocycles. The summed E-state index contributed by atoms with van der Waals surface area (Å²) in [4.78, 5) is 36.9. The molecule has 0 radical (unpaired) electrons. The molecule has 0 aromatic carbocycles. The van der Waals surface area contributed by atoms with Crippen LogP contribution in [0.3, 0.4) is 0 Å². The molecule has 5 nitrogen and oxygen atoms in total. The number of fused-ring (bicyclic) bond motifs is 5. The molecule has 4 aliphatic carbocycles. The molecule has 0 saturated heterocycles. The van der Waals surface area contributed by atoms with E-state index in [2.05, 4.69) is 33.0 Å². The van der Waals surface area contributed by atoms with E-state index in [1.807, 2.05) is 6.92 Å². The van der Waals surface area contributed by atoms with Crippen molar-refractivity contribution in [2.75, 3.05) is 0 Å². The lowest BCUT2D eigenvalue weighted by Crippen LogP contribution is -2.54. The summed E-state index contributed by atoms with van der Waals surface area (Å²) in [5, 5.41) is 2.80. The van der Waals surface area contributed by atoms with Crippen LogP contribution in [0.5, 0.6) is 0 Å². The SMILES string of the molecule is CC(=O)N[C@@H](CC(C)C)C(=O)O[C@@H]1CC[C@@]2(C)[C@H](CC[C@@H]3[C@@H]2CC[C@]2(C)[C@@H](C(C)=O)CC[C@@H]32)C1. The van der Waals surface area contributed by atoms with Crippen molar-refractivity contribution >= 4 is 17.7 Å². The van der Waals surface area contributed by atoms with Gasteiger partial charge in [0.05, 0.1) is 0 Å². The van der Waals surface area contributed by atoms with Crippen LogP contribution in [0.2, 0.25) is 0 Å². The van der Waals surface area contributed by atoms with Crippen molar-refractivity contribution in [1.82, 2.24) is 5.32 Å². The van der Waals surface area contributed by atoms with E-state index in [-0.39, 0.29) is 29.3 Å². The van der Waals surface area contributed by atoms with Crippen LogP contribution in [0.15, 0.2) is 0 Å². The highest BCUT2D eigenvalue weighted by atomic mass is 16.5. The Hall–Kier alpha value is -1.39. The van der Waals surface area contributed by atoms with Crippen LogP contribution in [0, 0.1) is 46.3 Å². The lowest BCUT2D eigenvalue weighted by Gasteiger charge is -2.61. The molecule has 0 aliphatic heterocycles. The highest BCUT2D eigenvalue weighted by Gasteiger charge is 2.61. The molecule has 0 bridgehead atoms. The van der Waals surface area contributed by atoms with Crippen molar-refractivity contribution < 1.29 is 19.1 Å². The molecule has 0 unspecified atom stereocenters. The quantitative estimate of drug-likeness (QED) is 0.503. The van der Waals surface area contributed by atoms with Gasteiger partial charge in [-0.3, -0.25) is 9.59 Å². The number of amides is 1. The molecule has 4 aliphatic rings. The van der Waals surface area contributed by atoms with E-state index < -0.39 is 6.04 Å². The largest absolute Gasteiger partial charge is 0.461 e. The molecule has 4 rings (SSSR count). The lowest BCUT2D eigenvalue weighted by atomic mass is 9.44. The first-order valence-electron chi connectivity index (χ1n) is 13.9. The summed E-state index contributed by atoms with van der Waals surface area (Å²) in [6.07, 6.45) is 10.8. The van der Waals surface area contributed by atoms with E-state index in [0.717, 1.165) is 37.5 Å². The predicted molar refractivity (Wildman–Crippen MR) is 133 cm³/mol. The van der Waals surface area contributed by atoms with Crippen molar-refractivity contribution in [3.05, 3.63) is 0 Å². The number of rotatable bonds is 6. The Morgan fingerprint density at radius 2 is 1.59 bits per heavy atom. The Balaban J connectivity index is 1.42. The molecule has 1 amide bonds. The van der Waals surface area contributed by atoms with Crippen LogP contribution in [0.4, 0.5) is 0 Å². The van der Waals surface area contributed by atoms with Gasteiger partial charge in [-0.1, -0.05) is 27.7 Å². The number of carbonyl (C=O) groups is 3. The first-order chi connectivity index (χ1) is 16.0. The third-order valence-electron chi connectivity index (χ3n) is 10.8. The first kappa shape index (κ1) is 25.7. The fourth-order valence-electron chi connectivity index (χ4n) is 9.17. The maximum atomic E-state index is 12.9. The zero-order valence-electron chi connectivity index (χ0n) is 22.3. The molecule has 0 spiro atoms. The Labute approximate surface area is 206 Å². The highest BCUT2D eigenvalue weighted by molar-refractivity contribution is 5.83. The van der Waals surface area contributed by atoms with Crippen LogP contribution in [0.25, 0.3) is 0 Å². The van der Waals surface area contributed by atoms with Crippen LogP contribution < -0.4 is 5.32 Å². The molecule has 4 fully saturated rings.